The number of hydrogen-bond acceptors (Lipinski definition) is 6. The summed E-state index contributed by atoms with van der Waals surface area (Å²) in [7, 11) is 0. The molecular weight excluding hydrogens is 494 g/mol. The number of benzene rings is 2. The van der Waals surface area contributed by atoms with Crippen LogP contribution in [0.25, 0.3) is 11.1 Å². The number of aryl methyl sites for hydroxylation is 1. The molecule has 0 atom stereocenters. The van der Waals surface area contributed by atoms with Crippen LogP contribution in [0.15, 0.2) is 77.9 Å². The van der Waals surface area contributed by atoms with Gasteiger partial charge in [-0.15, -0.1) is 0 Å². The third kappa shape index (κ3) is 5.89. The zero-order valence-corrected chi connectivity index (χ0v) is 21.8. The normalized spacial score (nSPS) is 13.1. The van der Waals surface area contributed by atoms with Crippen molar-refractivity contribution in [1.29, 1.82) is 0 Å². The zero-order chi connectivity index (χ0) is 27.4. The number of morpholine rings is 1. The lowest BCUT2D eigenvalue weighted by Gasteiger charge is -2.26. The van der Waals surface area contributed by atoms with Crippen molar-refractivity contribution in [3.8, 4) is 11.1 Å². The van der Waals surface area contributed by atoms with Crippen molar-refractivity contribution in [2.45, 2.75) is 13.8 Å². The van der Waals surface area contributed by atoms with Crippen LogP contribution in [-0.2, 0) is 4.74 Å². The first-order chi connectivity index (χ1) is 18.9. The van der Waals surface area contributed by atoms with Crippen molar-refractivity contribution >= 4 is 29.0 Å². The highest BCUT2D eigenvalue weighted by Gasteiger charge is 2.19. The molecule has 0 aliphatic carbocycles. The third-order valence-electron chi connectivity index (χ3n) is 6.68. The van der Waals surface area contributed by atoms with Crippen molar-refractivity contribution < 1.29 is 14.3 Å². The zero-order valence-electron chi connectivity index (χ0n) is 21.8. The maximum atomic E-state index is 12.8. The Bertz CT molecular complexity index is 1560. The van der Waals surface area contributed by atoms with E-state index in [1.54, 1.807) is 41.4 Å². The van der Waals surface area contributed by atoms with E-state index >= 15 is 0 Å². The van der Waals surface area contributed by atoms with Gasteiger partial charge < -0.3 is 25.3 Å². The van der Waals surface area contributed by atoms with Crippen LogP contribution in [-0.4, -0.2) is 53.0 Å². The molecule has 198 valence electrons. The van der Waals surface area contributed by atoms with Gasteiger partial charge in [-0.3, -0.25) is 14.4 Å². The van der Waals surface area contributed by atoms with E-state index in [0.29, 0.717) is 54.6 Å². The summed E-state index contributed by atoms with van der Waals surface area (Å²) in [6, 6.07) is 18.1. The van der Waals surface area contributed by atoms with Gasteiger partial charge in [0.2, 0.25) is 0 Å². The average Bonchev–Trinajstić information content (AvgIpc) is 2.96. The first-order valence-electron chi connectivity index (χ1n) is 12.7. The van der Waals surface area contributed by atoms with Gasteiger partial charge in [-0.2, -0.15) is 0 Å². The molecule has 1 saturated heterocycles. The Hall–Kier alpha value is -4.76. The fourth-order valence-electron chi connectivity index (χ4n) is 4.40. The molecule has 0 spiro atoms. The van der Waals surface area contributed by atoms with E-state index in [9.17, 15) is 14.4 Å². The van der Waals surface area contributed by atoms with Gasteiger partial charge in [0.15, 0.2) is 0 Å². The Kier molecular flexibility index (Phi) is 7.51. The summed E-state index contributed by atoms with van der Waals surface area (Å²) in [6.07, 6.45) is 3.14. The highest BCUT2D eigenvalue weighted by molar-refractivity contribution is 6.05. The van der Waals surface area contributed by atoms with Crippen molar-refractivity contribution in [3.05, 3.63) is 106 Å². The predicted octanol–water partition coefficient (Wildman–Crippen LogP) is 4.52. The number of aromatic amines is 1. The second kappa shape index (κ2) is 11.3. The molecule has 1 aliphatic heterocycles. The maximum Gasteiger partial charge on any atom is 0.271 e. The Morgan fingerprint density at radius 3 is 2.41 bits per heavy atom. The van der Waals surface area contributed by atoms with E-state index in [-0.39, 0.29) is 17.4 Å². The number of carbonyl (C=O) groups excluding carboxylic acids is 2. The Labute approximate surface area is 225 Å². The molecule has 3 heterocycles. The molecule has 1 fully saturated rings. The lowest BCUT2D eigenvalue weighted by atomic mass is 10.00. The van der Waals surface area contributed by atoms with E-state index in [4.69, 9.17) is 4.74 Å². The SMILES string of the molecule is Cc1ccc(C(=O)Nc2cccc(-c3c[nH]c(=O)c(Nc4ccc(C(=O)N5CCOCC5)cn4)c3)c2C)cc1. The molecule has 0 bridgehead atoms. The minimum absolute atomic E-state index is 0.0954. The summed E-state index contributed by atoms with van der Waals surface area (Å²) in [5, 5.41) is 6.04. The molecule has 0 unspecified atom stereocenters. The number of carbonyl (C=O) groups is 2. The second-order valence-corrected chi connectivity index (χ2v) is 9.39. The fourth-order valence-corrected chi connectivity index (χ4v) is 4.40. The molecule has 4 aromatic rings. The lowest BCUT2D eigenvalue weighted by Crippen LogP contribution is -2.40. The molecule has 39 heavy (non-hydrogen) atoms. The van der Waals surface area contributed by atoms with Crippen LogP contribution < -0.4 is 16.2 Å². The van der Waals surface area contributed by atoms with E-state index in [1.165, 1.54) is 6.20 Å². The van der Waals surface area contributed by atoms with Gasteiger partial charge in [0, 0.05) is 42.3 Å². The number of H-pyrrole nitrogens is 1. The van der Waals surface area contributed by atoms with Crippen LogP contribution >= 0.6 is 0 Å². The van der Waals surface area contributed by atoms with E-state index in [0.717, 1.165) is 22.3 Å². The number of amides is 2. The van der Waals surface area contributed by atoms with Gasteiger partial charge in [0.25, 0.3) is 17.4 Å². The quantitative estimate of drug-likeness (QED) is 0.342. The number of nitrogens with one attached hydrogen (secondary N) is 3. The van der Waals surface area contributed by atoms with Crippen LogP contribution in [0.3, 0.4) is 0 Å². The summed E-state index contributed by atoms with van der Waals surface area (Å²) >= 11 is 0. The van der Waals surface area contributed by atoms with Gasteiger partial charge in [-0.1, -0.05) is 29.8 Å². The van der Waals surface area contributed by atoms with Crippen molar-refractivity contribution in [3.63, 3.8) is 0 Å². The van der Waals surface area contributed by atoms with Crippen molar-refractivity contribution in [2.75, 3.05) is 36.9 Å². The molecule has 9 nitrogen and oxygen atoms in total. The first kappa shape index (κ1) is 25.9. The van der Waals surface area contributed by atoms with Gasteiger partial charge in [0.05, 0.1) is 18.8 Å². The monoisotopic (exact) mass is 523 g/mol. The molecule has 0 radical (unpaired) electrons. The summed E-state index contributed by atoms with van der Waals surface area (Å²) < 4.78 is 5.31. The topological polar surface area (TPSA) is 116 Å². The van der Waals surface area contributed by atoms with Crippen molar-refractivity contribution in [2.24, 2.45) is 0 Å². The minimum atomic E-state index is -0.310. The number of aromatic nitrogens is 2. The summed E-state index contributed by atoms with van der Waals surface area (Å²) in [5.74, 6) is 0.148. The Balaban J connectivity index is 1.34. The fraction of sp³-hybridized carbons (Fsp3) is 0.200. The number of anilines is 3. The van der Waals surface area contributed by atoms with Gasteiger partial charge >= 0.3 is 0 Å². The summed E-state index contributed by atoms with van der Waals surface area (Å²) in [6.45, 7) is 6.05. The van der Waals surface area contributed by atoms with Crippen LogP contribution in [0.1, 0.15) is 31.8 Å². The molecule has 0 saturated carbocycles. The Morgan fingerprint density at radius 2 is 1.69 bits per heavy atom. The summed E-state index contributed by atoms with van der Waals surface area (Å²) in [4.78, 5) is 46.9. The van der Waals surface area contributed by atoms with Gasteiger partial charge in [-0.05, 0) is 61.4 Å². The van der Waals surface area contributed by atoms with E-state index < -0.39 is 0 Å². The molecule has 5 rings (SSSR count). The van der Waals surface area contributed by atoms with Crippen LogP contribution in [0, 0.1) is 13.8 Å². The lowest BCUT2D eigenvalue weighted by molar-refractivity contribution is 0.0302. The van der Waals surface area contributed by atoms with Gasteiger partial charge in [-0.25, -0.2) is 4.98 Å². The molecule has 2 aromatic heterocycles. The van der Waals surface area contributed by atoms with Crippen LogP contribution in [0.2, 0.25) is 0 Å². The van der Waals surface area contributed by atoms with E-state index in [1.807, 2.05) is 44.2 Å². The number of rotatable bonds is 6. The smallest absolute Gasteiger partial charge is 0.271 e. The minimum Gasteiger partial charge on any atom is -0.378 e. The standard InChI is InChI=1S/C30H29N5O4/c1-19-6-8-21(9-7-19)28(36)34-25-5-3-4-24(20(25)2)23-16-26(29(37)32-18-23)33-27-11-10-22(17-31-27)30(38)35-12-14-39-15-13-35/h3-11,16-18H,12-15H2,1-2H3,(H,31,33)(H,32,37)(H,34,36). The maximum absolute atomic E-state index is 12.8. The molecule has 2 aromatic carbocycles. The van der Waals surface area contributed by atoms with Crippen LogP contribution in [0.4, 0.5) is 17.2 Å². The largest absolute Gasteiger partial charge is 0.378 e. The third-order valence-corrected chi connectivity index (χ3v) is 6.68. The first-order valence-corrected chi connectivity index (χ1v) is 12.7. The van der Waals surface area contributed by atoms with Crippen molar-refractivity contribution in [1.82, 2.24) is 14.9 Å². The number of nitrogens with zero attached hydrogens (tertiary/aromatic N) is 2. The highest BCUT2D eigenvalue weighted by Crippen LogP contribution is 2.29. The predicted molar refractivity (Wildman–Crippen MR) is 151 cm³/mol. The Morgan fingerprint density at radius 1 is 0.949 bits per heavy atom. The number of hydrogen-bond donors (Lipinski definition) is 3. The van der Waals surface area contributed by atoms with E-state index in [2.05, 4.69) is 20.6 Å². The summed E-state index contributed by atoms with van der Waals surface area (Å²) in [5.41, 5.74) is 5.30. The van der Waals surface area contributed by atoms with Crippen LogP contribution in [0.5, 0.6) is 0 Å². The highest BCUT2D eigenvalue weighted by atomic mass is 16.5. The molecule has 2 amide bonds. The number of ether oxygens (including phenoxy) is 1. The average molecular weight is 524 g/mol. The second-order valence-electron chi connectivity index (χ2n) is 9.39. The molecule has 3 N–H and O–H groups in total. The molecule has 9 heteroatoms. The molecular formula is C30H29N5O4. The van der Waals surface area contributed by atoms with Gasteiger partial charge in [0.1, 0.15) is 11.5 Å². The number of pyridine rings is 2. The molecule has 1 aliphatic rings.